The average molecular weight is 381 g/mol. The molecule has 6 nitrogen and oxygen atoms in total. The van der Waals surface area contributed by atoms with Crippen LogP contribution in [-0.2, 0) is 15.0 Å². The van der Waals surface area contributed by atoms with Gasteiger partial charge in [0.2, 0.25) is 5.91 Å². The summed E-state index contributed by atoms with van der Waals surface area (Å²) in [4.78, 5) is 43.4. The van der Waals surface area contributed by atoms with Gasteiger partial charge in [0.15, 0.2) is 0 Å². The molecular formula is C22H27N3O3. The molecule has 1 saturated carbocycles. The summed E-state index contributed by atoms with van der Waals surface area (Å²) >= 11 is 0. The Morgan fingerprint density at radius 1 is 1.07 bits per heavy atom. The molecular weight excluding hydrogens is 354 g/mol. The number of carbonyl (C=O) groups excluding carboxylic acids is 3. The van der Waals surface area contributed by atoms with Gasteiger partial charge in [0.05, 0.1) is 5.41 Å². The highest BCUT2D eigenvalue weighted by molar-refractivity contribution is 6.04. The van der Waals surface area contributed by atoms with E-state index in [-0.39, 0.29) is 34.7 Å². The highest BCUT2D eigenvalue weighted by Gasteiger charge is 2.58. The van der Waals surface area contributed by atoms with E-state index in [9.17, 15) is 14.4 Å². The monoisotopic (exact) mass is 381 g/mol. The molecule has 28 heavy (non-hydrogen) atoms. The van der Waals surface area contributed by atoms with Crippen molar-refractivity contribution in [3.05, 3.63) is 35.9 Å². The van der Waals surface area contributed by atoms with Crippen LogP contribution in [0.2, 0.25) is 0 Å². The minimum atomic E-state index is -0.311. The predicted octanol–water partition coefficient (Wildman–Crippen LogP) is 2.38. The van der Waals surface area contributed by atoms with Crippen molar-refractivity contribution in [1.82, 2.24) is 14.7 Å². The summed E-state index contributed by atoms with van der Waals surface area (Å²) in [7, 11) is 0. The molecule has 1 aliphatic carbocycles. The first-order chi connectivity index (χ1) is 13.5. The number of hydrogen-bond donors (Lipinski definition) is 0. The Morgan fingerprint density at radius 2 is 1.75 bits per heavy atom. The molecule has 3 heterocycles. The number of urea groups is 1. The van der Waals surface area contributed by atoms with Gasteiger partial charge in [-0.1, -0.05) is 30.3 Å². The topological polar surface area (TPSA) is 60.9 Å². The number of piperidine rings is 1. The zero-order chi connectivity index (χ0) is 19.5. The molecule has 3 saturated heterocycles. The largest absolute Gasteiger partial charge is 0.342 e. The molecule has 0 bridgehead atoms. The third-order valence-corrected chi connectivity index (χ3v) is 7.45. The minimum absolute atomic E-state index is 0.00391. The molecule has 3 aliphatic heterocycles. The van der Waals surface area contributed by atoms with E-state index in [2.05, 4.69) is 12.1 Å². The first-order valence-corrected chi connectivity index (χ1v) is 10.5. The van der Waals surface area contributed by atoms with E-state index < -0.39 is 0 Å². The number of nitrogens with zero attached hydrogens (tertiary/aromatic N) is 3. The molecule has 148 valence electrons. The lowest BCUT2D eigenvalue weighted by Gasteiger charge is -2.40. The minimum Gasteiger partial charge on any atom is -0.342 e. The second-order valence-electron chi connectivity index (χ2n) is 8.95. The van der Waals surface area contributed by atoms with Crippen molar-refractivity contribution >= 4 is 17.8 Å². The first-order valence-electron chi connectivity index (χ1n) is 10.5. The normalized spacial score (nSPS) is 27.5. The molecule has 0 aromatic heterocycles. The third kappa shape index (κ3) is 2.43. The highest BCUT2D eigenvalue weighted by Crippen LogP contribution is 2.51. The van der Waals surface area contributed by atoms with E-state index >= 15 is 0 Å². The Hall–Kier alpha value is -2.37. The van der Waals surface area contributed by atoms with Crippen LogP contribution in [0.15, 0.2) is 30.3 Å². The van der Waals surface area contributed by atoms with E-state index in [1.807, 2.05) is 30.0 Å². The molecule has 6 heteroatoms. The van der Waals surface area contributed by atoms with Gasteiger partial charge in [0.1, 0.15) is 6.04 Å². The maximum absolute atomic E-state index is 13.3. The standard InChI is InChI=1S/C22H27N3O3/c1-2-24-18(26)17-14-21(15-25(17)20(24)28)10-12-23(13-11-21)19(27)22(8-9-22)16-6-4-3-5-7-16/h3-7,17H,2,8-15H2,1H3. The van der Waals surface area contributed by atoms with Gasteiger partial charge >= 0.3 is 6.03 Å². The Bertz CT molecular complexity index is 799. The van der Waals surface area contributed by atoms with Gasteiger partial charge in [-0.15, -0.1) is 0 Å². The van der Waals surface area contributed by atoms with Crippen LogP contribution in [0.4, 0.5) is 4.79 Å². The number of likely N-dealkylation sites (tertiary alicyclic amines) is 1. The van der Waals surface area contributed by atoms with Crippen LogP contribution >= 0.6 is 0 Å². The third-order valence-electron chi connectivity index (χ3n) is 7.45. The summed E-state index contributed by atoms with van der Waals surface area (Å²) in [6.45, 7) is 4.41. The zero-order valence-corrected chi connectivity index (χ0v) is 16.4. The number of benzene rings is 1. The van der Waals surface area contributed by atoms with E-state index in [0.29, 0.717) is 13.1 Å². The Balaban J connectivity index is 1.26. The molecule has 0 radical (unpaired) electrons. The van der Waals surface area contributed by atoms with Crippen LogP contribution < -0.4 is 0 Å². The Kier molecular flexibility index (Phi) is 3.83. The van der Waals surface area contributed by atoms with Gasteiger partial charge in [-0.25, -0.2) is 4.79 Å². The SMILES string of the molecule is CCN1C(=O)C2CC3(CCN(C(=O)C4(c5ccccc5)CC4)CC3)CN2C1=O. The quantitative estimate of drug-likeness (QED) is 0.756. The van der Waals surface area contributed by atoms with Gasteiger partial charge in [0, 0.05) is 26.2 Å². The fourth-order valence-corrected chi connectivity index (χ4v) is 5.56. The molecule has 0 N–H and O–H groups in total. The summed E-state index contributed by atoms with van der Waals surface area (Å²) in [5, 5.41) is 0. The molecule has 5 rings (SSSR count). The van der Waals surface area contributed by atoms with Crippen LogP contribution in [0.5, 0.6) is 0 Å². The average Bonchev–Trinajstić information content (AvgIpc) is 3.41. The van der Waals surface area contributed by atoms with E-state index in [1.54, 1.807) is 4.90 Å². The number of carbonyl (C=O) groups is 3. The first kappa shape index (κ1) is 17.7. The van der Waals surface area contributed by atoms with Gasteiger partial charge < -0.3 is 9.80 Å². The number of imide groups is 1. The summed E-state index contributed by atoms with van der Waals surface area (Å²) in [5.74, 6) is 0.222. The van der Waals surface area contributed by atoms with Gasteiger partial charge in [-0.3, -0.25) is 14.5 Å². The number of amides is 4. The van der Waals surface area contributed by atoms with Crippen LogP contribution in [0.25, 0.3) is 0 Å². The maximum Gasteiger partial charge on any atom is 0.327 e. The Morgan fingerprint density at radius 3 is 2.32 bits per heavy atom. The predicted molar refractivity (Wildman–Crippen MR) is 103 cm³/mol. The molecule has 4 amide bonds. The van der Waals surface area contributed by atoms with Crippen LogP contribution in [0.1, 0.15) is 44.6 Å². The maximum atomic E-state index is 13.3. The number of hydrogen-bond acceptors (Lipinski definition) is 3. The van der Waals surface area contributed by atoms with Gasteiger partial charge in [0.25, 0.3) is 5.91 Å². The van der Waals surface area contributed by atoms with Crippen molar-refractivity contribution in [3.8, 4) is 0 Å². The van der Waals surface area contributed by atoms with Crippen LogP contribution in [-0.4, -0.2) is 64.8 Å². The van der Waals surface area contributed by atoms with Crippen molar-refractivity contribution in [1.29, 1.82) is 0 Å². The van der Waals surface area contributed by atoms with Crippen molar-refractivity contribution < 1.29 is 14.4 Å². The van der Waals surface area contributed by atoms with Gasteiger partial charge in [-0.2, -0.15) is 0 Å². The van der Waals surface area contributed by atoms with Crippen molar-refractivity contribution in [3.63, 3.8) is 0 Å². The fraction of sp³-hybridized carbons (Fsp3) is 0.591. The zero-order valence-electron chi connectivity index (χ0n) is 16.4. The molecule has 1 atom stereocenters. The molecule has 1 aromatic carbocycles. The lowest BCUT2D eigenvalue weighted by Crippen LogP contribution is -2.48. The van der Waals surface area contributed by atoms with E-state index in [0.717, 1.165) is 50.8 Å². The van der Waals surface area contributed by atoms with E-state index in [1.165, 1.54) is 4.90 Å². The van der Waals surface area contributed by atoms with Crippen LogP contribution in [0, 0.1) is 5.41 Å². The second kappa shape index (κ2) is 6.06. The fourth-order valence-electron chi connectivity index (χ4n) is 5.56. The van der Waals surface area contributed by atoms with Gasteiger partial charge in [-0.05, 0) is 50.0 Å². The molecule has 1 spiro atoms. The lowest BCUT2D eigenvalue weighted by atomic mass is 9.76. The molecule has 4 fully saturated rings. The Labute approximate surface area is 165 Å². The van der Waals surface area contributed by atoms with Crippen molar-refractivity contribution in [2.24, 2.45) is 5.41 Å². The molecule has 1 aromatic rings. The lowest BCUT2D eigenvalue weighted by molar-refractivity contribution is -0.136. The second-order valence-corrected chi connectivity index (χ2v) is 8.95. The smallest absolute Gasteiger partial charge is 0.327 e. The van der Waals surface area contributed by atoms with E-state index in [4.69, 9.17) is 0 Å². The summed E-state index contributed by atoms with van der Waals surface area (Å²) in [6, 6.07) is 9.73. The molecule has 1 unspecified atom stereocenters. The summed E-state index contributed by atoms with van der Waals surface area (Å²) in [6.07, 6.45) is 4.37. The van der Waals surface area contributed by atoms with Crippen molar-refractivity contribution in [2.45, 2.75) is 50.5 Å². The number of rotatable bonds is 3. The summed E-state index contributed by atoms with van der Waals surface area (Å²) in [5.41, 5.74) is 0.822. The highest BCUT2D eigenvalue weighted by atomic mass is 16.2. The number of fused-ring (bicyclic) bond motifs is 1. The van der Waals surface area contributed by atoms with Crippen molar-refractivity contribution in [2.75, 3.05) is 26.2 Å². The number of likely N-dealkylation sites (N-methyl/N-ethyl adjacent to an activating group) is 1. The molecule has 4 aliphatic rings. The summed E-state index contributed by atoms with van der Waals surface area (Å²) < 4.78 is 0. The van der Waals surface area contributed by atoms with Crippen LogP contribution in [0.3, 0.4) is 0 Å².